The number of nitrogens with zero attached hydrogens (tertiary/aromatic N) is 2. The Hall–Kier alpha value is -1.51. The number of hydrogen-bond acceptors (Lipinski definition) is 2. The molecule has 0 spiro atoms. The molecular weight excluding hydrogens is 186 g/mol. The minimum Gasteiger partial charge on any atom is -0.379 e. The van der Waals surface area contributed by atoms with Gasteiger partial charge in [-0.2, -0.15) is 5.10 Å². The van der Waals surface area contributed by atoms with Crippen molar-refractivity contribution in [3.63, 3.8) is 0 Å². The van der Waals surface area contributed by atoms with Crippen LogP contribution in [-0.4, -0.2) is 15.3 Å². The maximum atomic E-state index is 4.45. The van der Waals surface area contributed by atoms with Crippen LogP contribution in [0.4, 0.5) is 5.69 Å². The Morgan fingerprint density at radius 2 is 2.00 bits per heavy atom. The van der Waals surface area contributed by atoms with E-state index in [-0.39, 0.29) is 5.54 Å². The molecule has 1 N–H and O–H groups in total. The van der Waals surface area contributed by atoms with Gasteiger partial charge in [0.25, 0.3) is 0 Å². The number of anilines is 1. The summed E-state index contributed by atoms with van der Waals surface area (Å²) in [4.78, 5) is 0. The second-order valence-corrected chi connectivity index (χ2v) is 4.92. The van der Waals surface area contributed by atoms with Gasteiger partial charge in [0.15, 0.2) is 0 Å². The number of benzene rings is 1. The first-order chi connectivity index (χ1) is 6.96. The van der Waals surface area contributed by atoms with Crippen LogP contribution in [0.25, 0.3) is 10.9 Å². The molecule has 1 aromatic carbocycles. The number of aryl methyl sites for hydroxylation is 1. The molecule has 15 heavy (non-hydrogen) atoms. The van der Waals surface area contributed by atoms with Crippen LogP contribution in [0.2, 0.25) is 0 Å². The van der Waals surface area contributed by atoms with Crippen LogP contribution in [0, 0.1) is 0 Å². The Morgan fingerprint density at radius 1 is 1.27 bits per heavy atom. The van der Waals surface area contributed by atoms with Gasteiger partial charge >= 0.3 is 0 Å². The second kappa shape index (κ2) is 3.26. The van der Waals surface area contributed by atoms with E-state index in [0.29, 0.717) is 0 Å². The number of aromatic nitrogens is 2. The predicted octanol–water partition coefficient (Wildman–Crippen LogP) is 2.78. The molecule has 0 saturated heterocycles. The smallest absolute Gasteiger partial charge is 0.115 e. The van der Waals surface area contributed by atoms with Crippen LogP contribution < -0.4 is 5.32 Å². The molecule has 1 heterocycles. The van der Waals surface area contributed by atoms with Gasteiger partial charge in [0, 0.05) is 24.2 Å². The summed E-state index contributed by atoms with van der Waals surface area (Å²) in [5, 5.41) is 9.09. The molecule has 0 amide bonds. The minimum atomic E-state index is 0.0613. The van der Waals surface area contributed by atoms with Gasteiger partial charge in [-0.1, -0.05) is 12.1 Å². The molecule has 0 saturated carbocycles. The number of nitrogens with one attached hydrogen (secondary N) is 1. The van der Waals surface area contributed by atoms with Crippen LogP contribution in [0.15, 0.2) is 24.4 Å². The lowest BCUT2D eigenvalue weighted by atomic mass is 10.1. The Bertz CT molecular complexity index is 477. The molecule has 80 valence electrons. The molecule has 0 aliphatic heterocycles. The summed E-state index contributed by atoms with van der Waals surface area (Å²) in [6.45, 7) is 6.44. The van der Waals surface area contributed by atoms with E-state index in [4.69, 9.17) is 0 Å². The van der Waals surface area contributed by atoms with E-state index < -0.39 is 0 Å². The van der Waals surface area contributed by atoms with Crippen molar-refractivity contribution in [2.75, 3.05) is 5.32 Å². The van der Waals surface area contributed by atoms with Gasteiger partial charge in [0.05, 0.1) is 5.69 Å². The fourth-order valence-electron chi connectivity index (χ4n) is 1.67. The highest BCUT2D eigenvalue weighted by Crippen LogP contribution is 2.24. The normalized spacial score (nSPS) is 12.0. The quantitative estimate of drug-likeness (QED) is 0.772. The Labute approximate surface area is 90.1 Å². The van der Waals surface area contributed by atoms with E-state index in [1.54, 1.807) is 0 Å². The Kier molecular flexibility index (Phi) is 2.18. The molecular formula is C12H17N3. The van der Waals surface area contributed by atoms with Crippen LogP contribution in [0.3, 0.4) is 0 Å². The van der Waals surface area contributed by atoms with Crippen molar-refractivity contribution in [2.45, 2.75) is 26.3 Å². The third-order valence-electron chi connectivity index (χ3n) is 2.16. The maximum absolute atomic E-state index is 4.45. The lowest BCUT2D eigenvalue weighted by Gasteiger charge is -2.22. The average molecular weight is 203 g/mol. The first-order valence-electron chi connectivity index (χ1n) is 5.16. The highest BCUT2D eigenvalue weighted by Gasteiger charge is 2.12. The molecule has 0 fully saturated rings. The highest BCUT2D eigenvalue weighted by atomic mass is 15.2. The Morgan fingerprint density at radius 3 is 2.67 bits per heavy atom. The van der Waals surface area contributed by atoms with Gasteiger partial charge in [0.2, 0.25) is 0 Å². The highest BCUT2D eigenvalue weighted by molar-refractivity contribution is 5.90. The molecule has 0 unspecified atom stereocenters. The second-order valence-electron chi connectivity index (χ2n) is 4.92. The van der Waals surface area contributed by atoms with Crippen molar-refractivity contribution < 1.29 is 0 Å². The van der Waals surface area contributed by atoms with E-state index in [2.05, 4.69) is 49.4 Å². The third kappa shape index (κ3) is 2.12. The molecule has 0 atom stereocenters. The van der Waals surface area contributed by atoms with E-state index >= 15 is 0 Å². The maximum Gasteiger partial charge on any atom is 0.115 e. The summed E-state index contributed by atoms with van der Waals surface area (Å²) in [6, 6.07) is 6.20. The predicted molar refractivity (Wildman–Crippen MR) is 64.1 cm³/mol. The van der Waals surface area contributed by atoms with Crippen molar-refractivity contribution in [2.24, 2.45) is 7.05 Å². The molecule has 2 aromatic rings. The molecule has 3 heteroatoms. The minimum absolute atomic E-state index is 0.0613. The largest absolute Gasteiger partial charge is 0.379 e. The summed E-state index contributed by atoms with van der Waals surface area (Å²) in [5.74, 6) is 0. The summed E-state index contributed by atoms with van der Waals surface area (Å²) in [6.07, 6.45) is 2.03. The standard InChI is InChI=1S/C12H17N3/c1-12(2,3)13-10-7-5-6-9-8-15(4)14-11(9)10/h5-8,13H,1-4H3. The molecule has 1 aromatic heterocycles. The van der Waals surface area contributed by atoms with Crippen molar-refractivity contribution in [1.29, 1.82) is 0 Å². The lowest BCUT2D eigenvalue weighted by molar-refractivity contribution is 0.634. The number of fused-ring (bicyclic) bond motifs is 1. The zero-order chi connectivity index (χ0) is 11.1. The fourth-order valence-corrected chi connectivity index (χ4v) is 1.67. The molecule has 0 radical (unpaired) electrons. The first kappa shape index (κ1) is 10.0. The van der Waals surface area contributed by atoms with Crippen molar-refractivity contribution in [3.05, 3.63) is 24.4 Å². The van der Waals surface area contributed by atoms with Gasteiger partial charge < -0.3 is 5.32 Å². The third-order valence-corrected chi connectivity index (χ3v) is 2.16. The van der Waals surface area contributed by atoms with E-state index in [1.165, 1.54) is 5.39 Å². The topological polar surface area (TPSA) is 29.9 Å². The van der Waals surface area contributed by atoms with Crippen LogP contribution in [0.1, 0.15) is 20.8 Å². The van der Waals surface area contributed by atoms with Gasteiger partial charge in [0.1, 0.15) is 5.52 Å². The van der Waals surface area contributed by atoms with E-state index in [1.807, 2.05) is 17.9 Å². The van der Waals surface area contributed by atoms with Gasteiger partial charge in [-0.15, -0.1) is 0 Å². The zero-order valence-corrected chi connectivity index (χ0v) is 9.70. The van der Waals surface area contributed by atoms with Crippen molar-refractivity contribution >= 4 is 16.6 Å². The van der Waals surface area contributed by atoms with Crippen LogP contribution >= 0.6 is 0 Å². The molecule has 3 nitrogen and oxygen atoms in total. The Balaban J connectivity index is 2.51. The number of hydrogen-bond donors (Lipinski definition) is 1. The summed E-state index contributed by atoms with van der Waals surface area (Å²) in [7, 11) is 1.95. The molecule has 0 aliphatic carbocycles. The van der Waals surface area contributed by atoms with E-state index in [9.17, 15) is 0 Å². The monoisotopic (exact) mass is 203 g/mol. The fraction of sp³-hybridized carbons (Fsp3) is 0.417. The van der Waals surface area contributed by atoms with E-state index in [0.717, 1.165) is 11.2 Å². The van der Waals surface area contributed by atoms with Gasteiger partial charge in [-0.25, -0.2) is 0 Å². The van der Waals surface area contributed by atoms with Crippen LogP contribution in [-0.2, 0) is 7.05 Å². The van der Waals surface area contributed by atoms with Gasteiger partial charge in [-0.05, 0) is 26.8 Å². The number of rotatable bonds is 1. The summed E-state index contributed by atoms with van der Waals surface area (Å²) in [5.41, 5.74) is 2.20. The lowest BCUT2D eigenvalue weighted by Crippen LogP contribution is -2.26. The summed E-state index contributed by atoms with van der Waals surface area (Å²) < 4.78 is 1.85. The molecule has 2 rings (SSSR count). The van der Waals surface area contributed by atoms with Crippen molar-refractivity contribution in [1.82, 2.24) is 9.78 Å². The molecule has 0 aliphatic rings. The SMILES string of the molecule is Cn1cc2cccc(NC(C)(C)C)c2n1. The first-order valence-corrected chi connectivity index (χ1v) is 5.16. The zero-order valence-electron chi connectivity index (χ0n) is 9.70. The van der Waals surface area contributed by atoms with Crippen LogP contribution in [0.5, 0.6) is 0 Å². The van der Waals surface area contributed by atoms with Gasteiger partial charge in [-0.3, -0.25) is 4.68 Å². The molecule has 0 bridgehead atoms. The summed E-state index contributed by atoms with van der Waals surface area (Å²) >= 11 is 0. The van der Waals surface area contributed by atoms with Crippen molar-refractivity contribution in [3.8, 4) is 0 Å². The average Bonchev–Trinajstić information content (AvgIpc) is 2.43.